The van der Waals surface area contributed by atoms with Crippen molar-refractivity contribution in [3.05, 3.63) is 30.3 Å². The van der Waals surface area contributed by atoms with E-state index in [4.69, 9.17) is 17.2 Å². The lowest BCUT2D eigenvalue weighted by atomic mass is 10.3. The summed E-state index contributed by atoms with van der Waals surface area (Å²) < 4.78 is 26.3. The molecule has 0 atom stereocenters. The van der Waals surface area contributed by atoms with Gasteiger partial charge in [0.1, 0.15) is 11.6 Å². The highest BCUT2D eigenvalue weighted by Gasteiger charge is 2.15. The molecule has 7 N–H and O–H groups in total. The van der Waals surface area contributed by atoms with Gasteiger partial charge < -0.3 is 17.2 Å². The third-order valence-electron chi connectivity index (χ3n) is 2.19. The molecule has 0 bridgehead atoms. The molecule has 0 aliphatic rings. The molecule has 0 radical (unpaired) electrons. The van der Waals surface area contributed by atoms with Gasteiger partial charge in [-0.15, -0.1) is 0 Å². The summed E-state index contributed by atoms with van der Waals surface area (Å²) in [6.07, 6.45) is 0. The van der Waals surface area contributed by atoms with E-state index in [1.807, 2.05) is 0 Å². The smallest absolute Gasteiger partial charge is 0.263 e. The minimum absolute atomic E-state index is 0.00169. The van der Waals surface area contributed by atoms with Crippen LogP contribution in [0.2, 0.25) is 0 Å². The summed E-state index contributed by atoms with van der Waals surface area (Å²) >= 11 is 0. The van der Waals surface area contributed by atoms with E-state index < -0.39 is 10.0 Å². The van der Waals surface area contributed by atoms with E-state index in [9.17, 15) is 8.42 Å². The van der Waals surface area contributed by atoms with Crippen LogP contribution in [0.1, 0.15) is 0 Å². The monoisotopic (exact) mass is 280 g/mol. The first-order chi connectivity index (χ1) is 8.87. The average Bonchev–Trinajstić information content (AvgIpc) is 2.27. The van der Waals surface area contributed by atoms with Gasteiger partial charge in [0.2, 0.25) is 5.95 Å². The first-order valence-electron chi connectivity index (χ1n) is 5.15. The van der Waals surface area contributed by atoms with Gasteiger partial charge >= 0.3 is 0 Å². The Morgan fingerprint density at radius 2 is 1.63 bits per heavy atom. The van der Waals surface area contributed by atoms with Crippen LogP contribution in [0.3, 0.4) is 0 Å². The minimum atomic E-state index is -3.77. The van der Waals surface area contributed by atoms with Gasteiger partial charge in [0.05, 0.1) is 4.90 Å². The topological polar surface area (TPSA) is 150 Å². The normalized spacial score (nSPS) is 11.2. The second kappa shape index (κ2) is 4.61. The van der Waals surface area contributed by atoms with Crippen LogP contribution in [0.15, 0.2) is 35.2 Å². The van der Waals surface area contributed by atoms with Crippen LogP contribution in [0.25, 0.3) is 0 Å². The maximum atomic E-state index is 12.0. The number of anilines is 4. The molecule has 0 saturated heterocycles. The van der Waals surface area contributed by atoms with Crippen molar-refractivity contribution in [1.82, 2.24) is 9.97 Å². The van der Waals surface area contributed by atoms with E-state index in [1.165, 1.54) is 30.3 Å². The van der Waals surface area contributed by atoms with Crippen LogP contribution in [-0.2, 0) is 10.0 Å². The number of nitrogens with zero attached hydrogens (tertiary/aromatic N) is 2. The van der Waals surface area contributed by atoms with Crippen molar-refractivity contribution in [3.8, 4) is 0 Å². The fraction of sp³-hybridized carbons (Fsp3) is 0. The Bertz CT molecular complexity index is 678. The molecule has 9 heteroatoms. The predicted molar refractivity (Wildman–Crippen MR) is 72.5 cm³/mol. The van der Waals surface area contributed by atoms with Crippen molar-refractivity contribution >= 4 is 33.3 Å². The SMILES string of the molecule is Nc1ccc(S(=O)(=O)Nc2cc(N)nc(N)n2)cc1. The number of nitrogens with one attached hydrogen (secondary N) is 1. The lowest BCUT2D eigenvalue weighted by molar-refractivity contribution is 0.601. The van der Waals surface area contributed by atoms with Gasteiger partial charge in [-0.1, -0.05) is 0 Å². The molecule has 0 aliphatic carbocycles. The molecule has 0 spiro atoms. The molecule has 1 aromatic carbocycles. The molecule has 19 heavy (non-hydrogen) atoms. The zero-order valence-electron chi connectivity index (χ0n) is 9.74. The van der Waals surface area contributed by atoms with E-state index in [0.717, 1.165) is 0 Å². The quantitative estimate of drug-likeness (QED) is 0.579. The van der Waals surface area contributed by atoms with E-state index in [0.29, 0.717) is 5.69 Å². The summed E-state index contributed by atoms with van der Waals surface area (Å²) in [6, 6.07) is 7.00. The second-order valence-corrected chi connectivity index (χ2v) is 5.39. The summed E-state index contributed by atoms with van der Waals surface area (Å²) in [5.41, 5.74) is 16.8. The predicted octanol–water partition coefficient (Wildman–Crippen LogP) is 0.0240. The number of nitrogens with two attached hydrogens (primary N) is 3. The number of sulfonamides is 1. The Morgan fingerprint density at radius 1 is 1.00 bits per heavy atom. The number of aromatic nitrogens is 2. The Kier molecular flexibility index (Phi) is 3.13. The molecule has 2 rings (SSSR count). The Morgan fingerprint density at radius 3 is 2.21 bits per heavy atom. The zero-order chi connectivity index (χ0) is 14.0. The van der Waals surface area contributed by atoms with Crippen LogP contribution in [0, 0.1) is 0 Å². The number of benzene rings is 1. The van der Waals surface area contributed by atoms with Gasteiger partial charge in [0.15, 0.2) is 0 Å². The second-order valence-electron chi connectivity index (χ2n) is 3.71. The highest BCUT2D eigenvalue weighted by molar-refractivity contribution is 7.92. The van der Waals surface area contributed by atoms with Crippen molar-refractivity contribution in [1.29, 1.82) is 0 Å². The molecular weight excluding hydrogens is 268 g/mol. The number of rotatable bonds is 3. The Balaban J connectivity index is 2.33. The van der Waals surface area contributed by atoms with Gasteiger partial charge in [-0.3, -0.25) is 4.72 Å². The molecule has 100 valence electrons. The standard InChI is InChI=1S/C10H12N6O2S/c11-6-1-3-7(4-2-6)19(17,18)16-9-5-8(12)14-10(13)15-9/h1-5H,11H2,(H5,12,13,14,15,16). The summed E-state index contributed by atoms with van der Waals surface area (Å²) in [7, 11) is -3.77. The molecule has 0 amide bonds. The Labute approximate surface area is 109 Å². The molecule has 0 unspecified atom stereocenters. The van der Waals surface area contributed by atoms with Crippen molar-refractivity contribution in [2.45, 2.75) is 4.90 Å². The number of hydrogen-bond acceptors (Lipinski definition) is 7. The largest absolute Gasteiger partial charge is 0.399 e. The third-order valence-corrected chi connectivity index (χ3v) is 3.56. The highest BCUT2D eigenvalue weighted by atomic mass is 32.2. The molecule has 8 nitrogen and oxygen atoms in total. The van der Waals surface area contributed by atoms with E-state index >= 15 is 0 Å². The van der Waals surface area contributed by atoms with Gasteiger partial charge in [-0.25, -0.2) is 8.42 Å². The van der Waals surface area contributed by atoms with Crippen LogP contribution < -0.4 is 21.9 Å². The average molecular weight is 280 g/mol. The minimum Gasteiger partial charge on any atom is -0.399 e. The van der Waals surface area contributed by atoms with E-state index in [-0.39, 0.29) is 22.5 Å². The first kappa shape index (κ1) is 12.9. The lowest BCUT2D eigenvalue weighted by Crippen LogP contribution is -2.15. The number of nitrogen functional groups attached to an aromatic ring is 3. The van der Waals surface area contributed by atoms with Crippen molar-refractivity contribution in [2.24, 2.45) is 0 Å². The van der Waals surface area contributed by atoms with E-state index in [2.05, 4.69) is 14.7 Å². The summed E-state index contributed by atoms with van der Waals surface area (Å²) in [4.78, 5) is 7.43. The van der Waals surface area contributed by atoms with Crippen LogP contribution >= 0.6 is 0 Å². The van der Waals surface area contributed by atoms with Gasteiger partial charge in [0.25, 0.3) is 10.0 Å². The van der Waals surface area contributed by atoms with Crippen LogP contribution in [0.5, 0.6) is 0 Å². The summed E-state index contributed by atoms with van der Waals surface area (Å²) in [5, 5.41) is 0. The lowest BCUT2D eigenvalue weighted by Gasteiger charge is -2.08. The Hall–Kier alpha value is -2.55. The zero-order valence-corrected chi connectivity index (χ0v) is 10.6. The molecule has 0 aliphatic heterocycles. The molecule has 0 saturated carbocycles. The van der Waals surface area contributed by atoms with Gasteiger partial charge in [-0.05, 0) is 24.3 Å². The molecule has 1 heterocycles. The van der Waals surface area contributed by atoms with Crippen molar-refractivity contribution < 1.29 is 8.42 Å². The summed E-state index contributed by atoms with van der Waals surface area (Å²) in [6.45, 7) is 0. The van der Waals surface area contributed by atoms with Gasteiger partial charge in [0, 0.05) is 11.8 Å². The maximum Gasteiger partial charge on any atom is 0.263 e. The van der Waals surface area contributed by atoms with Crippen molar-refractivity contribution in [2.75, 3.05) is 21.9 Å². The third kappa shape index (κ3) is 3.01. The van der Waals surface area contributed by atoms with Gasteiger partial charge in [-0.2, -0.15) is 9.97 Å². The fourth-order valence-electron chi connectivity index (χ4n) is 1.38. The van der Waals surface area contributed by atoms with Crippen molar-refractivity contribution in [3.63, 3.8) is 0 Å². The first-order valence-corrected chi connectivity index (χ1v) is 6.63. The van der Waals surface area contributed by atoms with Crippen LogP contribution in [0.4, 0.5) is 23.3 Å². The molecule has 0 fully saturated rings. The van der Waals surface area contributed by atoms with E-state index in [1.54, 1.807) is 0 Å². The molecular formula is C10H12N6O2S. The fourth-order valence-corrected chi connectivity index (χ4v) is 2.37. The maximum absolute atomic E-state index is 12.0. The number of hydrogen-bond donors (Lipinski definition) is 4. The summed E-state index contributed by atoms with van der Waals surface area (Å²) in [5.74, 6) is -0.0423. The van der Waals surface area contributed by atoms with Crippen LogP contribution in [-0.4, -0.2) is 18.4 Å². The highest BCUT2D eigenvalue weighted by Crippen LogP contribution is 2.17. The molecule has 2 aromatic rings. The molecule has 1 aromatic heterocycles.